The van der Waals surface area contributed by atoms with Gasteiger partial charge in [-0.15, -0.1) is 0 Å². The summed E-state index contributed by atoms with van der Waals surface area (Å²) in [5.41, 5.74) is 0.0418. The lowest BCUT2D eigenvalue weighted by Gasteiger charge is -2.38. The van der Waals surface area contributed by atoms with E-state index in [9.17, 15) is 8.78 Å². The van der Waals surface area contributed by atoms with Crippen molar-refractivity contribution in [2.24, 2.45) is 17.8 Å². The zero-order valence-corrected chi connectivity index (χ0v) is 13.7. The van der Waals surface area contributed by atoms with Crippen molar-refractivity contribution in [2.75, 3.05) is 0 Å². The fourth-order valence-corrected chi connectivity index (χ4v) is 3.93. The Kier molecular flexibility index (Phi) is 3.66. The Balaban J connectivity index is 1.91. The molecule has 0 aliphatic heterocycles. The van der Waals surface area contributed by atoms with Crippen LogP contribution in [-0.2, 0) is 0 Å². The van der Waals surface area contributed by atoms with Gasteiger partial charge < -0.3 is 0 Å². The van der Waals surface area contributed by atoms with Gasteiger partial charge in [0, 0.05) is 8.22 Å². The summed E-state index contributed by atoms with van der Waals surface area (Å²) in [5, 5.41) is 0. The molecule has 4 unspecified atom stereocenters. The Hall–Kier alpha value is -0.920. The fraction of sp³-hybridized carbons (Fsp3) is 0.714. The van der Waals surface area contributed by atoms with Gasteiger partial charge in [0.05, 0.1) is 0 Å². The Morgan fingerprint density at radius 1 is 1.00 bits per heavy atom. The average Bonchev–Trinajstić information content (AvgIpc) is 2.65. The third-order valence-electron chi connectivity index (χ3n) is 5.31. The van der Waals surface area contributed by atoms with Gasteiger partial charge in [0.2, 0.25) is 0 Å². The van der Waals surface area contributed by atoms with Crippen LogP contribution in [0, 0.1) is 29.4 Å². The molecule has 2 aliphatic carbocycles. The fourth-order valence-electron chi connectivity index (χ4n) is 3.93. The Morgan fingerprint density at radius 3 is 2.48 bits per heavy atom. The molecule has 0 radical (unpaired) electrons. The van der Waals surface area contributed by atoms with Gasteiger partial charge in [-0.2, -0.15) is 0 Å². The molecule has 0 bridgehead atoms. The van der Waals surface area contributed by atoms with Crippen LogP contribution in [0.25, 0.3) is 0 Å². The SMILES string of the molecule is [2H]C1C(C2CCC(CCC)CC2)C([2H])([2H])C([2H])C(c2ccc(F)c(F)c2)C1([2H])[2H]. The second kappa shape index (κ2) is 7.77. The molecule has 0 heterocycles. The highest BCUT2D eigenvalue weighted by Crippen LogP contribution is 2.44. The molecule has 2 aliphatic rings. The summed E-state index contributed by atoms with van der Waals surface area (Å²) in [6, 6.07) is 2.93. The van der Waals surface area contributed by atoms with Crippen LogP contribution in [0.4, 0.5) is 8.78 Å². The van der Waals surface area contributed by atoms with E-state index in [4.69, 9.17) is 8.22 Å². The zero-order chi connectivity index (χ0) is 21.6. The number of rotatable bonds is 4. The predicted octanol–water partition coefficient (Wildman–Crippen LogP) is 6.85. The van der Waals surface area contributed by atoms with Crippen LogP contribution < -0.4 is 0 Å². The van der Waals surface area contributed by atoms with Crippen molar-refractivity contribution < 1.29 is 17.0 Å². The zero-order valence-electron chi connectivity index (χ0n) is 19.7. The molecular weight excluding hydrogens is 290 g/mol. The third kappa shape index (κ3) is 4.14. The molecule has 2 saturated carbocycles. The summed E-state index contributed by atoms with van der Waals surface area (Å²) in [7, 11) is 0. The number of halogens is 2. The molecule has 1 aromatic rings. The molecule has 128 valence electrons. The van der Waals surface area contributed by atoms with Crippen LogP contribution in [0.15, 0.2) is 18.2 Å². The summed E-state index contributed by atoms with van der Waals surface area (Å²) in [5.74, 6) is -3.96. The van der Waals surface area contributed by atoms with Crippen molar-refractivity contribution in [3.8, 4) is 0 Å². The van der Waals surface area contributed by atoms with E-state index >= 15 is 0 Å². The van der Waals surface area contributed by atoms with Crippen molar-refractivity contribution >= 4 is 0 Å². The first-order valence-corrected chi connectivity index (χ1v) is 8.81. The van der Waals surface area contributed by atoms with E-state index in [-0.39, 0.29) is 11.5 Å². The standard InChI is InChI=1S/C21H30F2/c1-2-3-15-4-6-16(7-5-15)17-8-10-18(11-9-17)19-12-13-20(22)21(23)14-19/h12-18H,2-11H2,1H3/i8D,9D2,10D2,11D. The van der Waals surface area contributed by atoms with Gasteiger partial charge in [-0.1, -0.05) is 38.7 Å². The summed E-state index contributed by atoms with van der Waals surface area (Å²) in [6.07, 6.45) is -1.52. The van der Waals surface area contributed by atoms with Crippen molar-refractivity contribution in [1.82, 2.24) is 0 Å². The van der Waals surface area contributed by atoms with E-state index in [0.717, 1.165) is 50.7 Å². The van der Waals surface area contributed by atoms with Crippen LogP contribution >= 0.6 is 0 Å². The summed E-state index contributed by atoms with van der Waals surface area (Å²) < 4.78 is 78.9. The van der Waals surface area contributed by atoms with E-state index in [0.29, 0.717) is 5.92 Å². The van der Waals surface area contributed by atoms with Crippen molar-refractivity contribution in [2.45, 2.75) is 76.9 Å². The highest BCUT2D eigenvalue weighted by molar-refractivity contribution is 5.22. The maximum atomic E-state index is 13.8. The van der Waals surface area contributed by atoms with Crippen LogP contribution in [-0.4, -0.2) is 0 Å². The quantitative estimate of drug-likeness (QED) is 0.568. The molecule has 0 aromatic heterocycles. The monoisotopic (exact) mass is 326 g/mol. The minimum atomic E-state index is -2.22. The van der Waals surface area contributed by atoms with E-state index in [1.54, 1.807) is 0 Å². The van der Waals surface area contributed by atoms with Gasteiger partial charge >= 0.3 is 0 Å². The Labute approximate surface area is 148 Å². The Bertz CT molecular complexity index is 717. The van der Waals surface area contributed by atoms with Crippen molar-refractivity contribution in [1.29, 1.82) is 0 Å². The number of hydrogen-bond acceptors (Lipinski definition) is 0. The van der Waals surface area contributed by atoms with Gasteiger partial charge in [0.1, 0.15) is 0 Å². The van der Waals surface area contributed by atoms with E-state index < -0.39 is 49.0 Å². The lowest BCUT2D eigenvalue weighted by atomic mass is 9.68. The summed E-state index contributed by atoms with van der Waals surface area (Å²) in [6.45, 7) is 2.14. The lowest BCUT2D eigenvalue weighted by molar-refractivity contribution is 0.156. The maximum Gasteiger partial charge on any atom is 0.159 e. The molecule has 0 saturated heterocycles. The van der Waals surface area contributed by atoms with Crippen LogP contribution in [0.1, 0.15) is 90.7 Å². The number of benzene rings is 1. The van der Waals surface area contributed by atoms with Crippen LogP contribution in [0.2, 0.25) is 0 Å². The van der Waals surface area contributed by atoms with Gasteiger partial charge in [0.25, 0.3) is 0 Å². The smallest absolute Gasteiger partial charge is 0.159 e. The second-order valence-electron chi connectivity index (χ2n) is 6.91. The molecule has 3 rings (SSSR count). The van der Waals surface area contributed by atoms with Gasteiger partial charge in [0.15, 0.2) is 11.6 Å². The molecule has 0 nitrogen and oxygen atoms in total. The highest BCUT2D eigenvalue weighted by Gasteiger charge is 2.31. The molecule has 0 spiro atoms. The Morgan fingerprint density at radius 2 is 1.78 bits per heavy atom. The van der Waals surface area contributed by atoms with E-state index in [1.807, 2.05) is 0 Å². The van der Waals surface area contributed by atoms with Gasteiger partial charge in [-0.25, -0.2) is 8.78 Å². The van der Waals surface area contributed by atoms with Crippen molar-refractivity contribution in [3.63, 3.8) is 0 Å². The number of hydrogen-bond donors (Lipinski definition) is 0. The van der Waals surface area contributed by atoms with Crippen LogP contribution in [0.5, 0.6) is 0 Å². The molecule has 0 amide bonds. The molecule has 2 fully saturated rings. The van der Waals surface area contributed by atoms with Crippen molar-refractivity contribution in [3.05, 3.63) is 35.4 Å². The molecule has 0 N–H and O–H groups in total. The first-order valence-electron chi connectivity index (χ1n) is 12.0. The first kappa shape index (κ1) is 10.8. The van der Waals surface area contributed by atoms with E-state index in [1.165, 1.54) is 6.07 Å². The largest absolute Gasteiger partial charge is 0.204 e. The minimum absolute atomic E-state index is 0.0418. The molecule has 1 aromatic carbocycles. The normalized spacial score (nSPS) is 46.6. The lowest BCUT2D eigenvalue weighted by Crippen LogP contribution is -2.25. The molecule has 23 heavy (non-hydrogen) atoms. The summed E-state index contributed by atoms with van der Waals surface area (Å²) in [4.78, 5) is 0. The minimum Gasteiger partial charge on any atom is -0.204 e. The van der Waals surface area contributed by atoms with Crippen LogP contribution in [0.3, 0.4) is 0 Å². The summed E-state index contributed by atoms with van der Waals surface area (Å²) >= 11 is 0. The van der Waals surface area contributed by atoms with Gasteiger partial charge in [-0.3, -0.25) is 0 Å². The van der Waals surface area contributed by atoms with E-state index in [2.05, 4.69) is 6.92 Å². The second-order valence-corrected chi connectivity index (χ2v) is 6.91. The molecular formula is C21H30F2. The maximum absolute atomic E-state index is 13.8. The topological polar surface area (TPSA) is 0 Å². The average molecular weight is 327 g/mol. The third-order valence-corrected chi connectivity index (χ3v) is 5.31. The van der Waals surface area contributed by atoms with Gasteiger partial charge in [-0.05, 0) is 79.7 Å². The molecule has 2 heteroatoms. The first-order chi connectivity index (χ1) is 13.5. The molecule has 4 atom stereocenters. The predicted molar refractivity (Wildman–Crippen MR) is 91.4 cm³/mol. The highest BCUT2D eigenvalue weighted by atomic mass is 19.2.